The number of fused-ring (bicyclic) bond motifs is 2. The van der Waals surface area contributed by atoms with Crippen LogP contribution < -0.4 is 9.64 Å². The molecule has 0 N–H and O–H groups in total. The molecule has 2 aliphatic heterocycles. The van der Waals surface area contributed by atoms with Crippen molar-refractivity contribution in [3.05, 3.63) is 66.7 Å². The minimum atomic E-state index is -3.78. The van der Waals surface area contributed by atoms with Crippen molar-refractivity contribution in [1.29, 1.82) is 0 Å². The first-order valence-electron chi connectivity index (χ1n) is 11.5. The van der Waals surface area contributed by atoms with Gasteiger partial charge in [-0.1, -0.05) is 42.5 Å². The zero-order chi connectivity index (χ0) is 24.6. The van der Waals surface area contributed by atoms with Crippen LogP contribution in [0.2, 0.25) is 0 Å². The van der Waals surface area contributed by atoms with Crippen molar-refractivity contribution in [3.63, 3.8) is 0 Å². The van der Waals surface area contributed by atoms with E-state index in [1.807, 2.05) is 24.3 Å². The molecule has 0 spiro atoms. The van der Waals surface area contributed by atoms with Gasteiger partial charge in [-0.2, -0.15) is 4.31 Å². The Morgan fingerprint density at radius 2 is 1.71 bits per heavy atom. The van der Waals surface area contributed by atoms with Crippen molar-refractivity contribution in [1.82, 2.24) is 4.31 Å². The van der Waals surface area contributed by atoms with Crippen LogP contribution in [0.4, 0.5) is 5.69 Å². The average molecular weight is 495 g/mol. The van der Waals surface area contributed by atoms with Crippen LogP contribution >= 0.6 is 0 Å². The van der Waals surface area contributed by atoms with Gasteiger partial charge in [-0.05, 0) is 47.9 Å². The Balaban J connectivity index is 1.40. The summed E-state index contributed by atoms with van der Waals surface area (Å²) in [6.07, 6.45) is 0.181. The molecule has 0 saturated carbocycles. The molecule has 8 nitrogen and oxygen atoms in total. The maximum Gasteiger partial charge on any atom is 0.348 e. The number of rotatable bonds is 4. The molecule has 1 fully saturated rings. The number of para-hydroxylation sites is 2. The van der Waals surface area contributed by atoms with Gasteiger partial charge in [-0.25, -0.2) is 13.2 Å². The van der Waals surface area contributed by atoms with Crippen molar-refractivity contribution >= 4 is 38.4 Å². The second kappa shape index (κ2) is 9.31. The van der Waals surface area contributed by atoms with Crippen LogP contribution in [0.1, 0.15) is 12.8 Å². The van der Waals surface area contributed by atoms with E-state index in [-0.39, 0.29) is 23.9 Å². The van der Waals surface area contributed by atoms with E-state index in [2.05, 4.69) is 0 Å². The van der Waals surface area contributed by atoms with Gasteiger partial charge in [0, 0.05) is 13.1 Å². The smallest absolute Gasteiger partial charge is 0.348 e. The molecule has 0 unspecified atom stereocenters. The lowest BCUT2D eigenvalue weighted by Crippen LogP contribution is -2.52. The molecule has 0 aliphatic carbocycles. The highest BCUT2D eigenvalue weighted by atomic mass is 32.2. The Kier molecular flexibility index (Phi) is 6.21. The van der Waals surface area contributed by atoms with Gasteiger partial charge in [0.05, 0.1) is 30.2 Å². The third-order valence-corrected chi connectivity index (χ3v) is 8.46. The van der Waals surface area contributed by atoms with Crippen molar-refractivity contribution < 1.29 is 27.5 Å². The van der Waals surface area contributed by atoms with E-state index in [1.54, 1.807) is 42.5 Å². The number of ether oxygens (including phenoxy) is 2. The Morgan fingerprint density at radius 1 is 0.971 bits per heavy atom. The number of sulfonamides is 1. The minimum absolute atomic E-state index is 0.0104. The van der Waals surface area contributed by atoms with Crippen LogP contribution in [-0.2, 0) is 24.3 Å². The molecule has 0 radical (unpaired) electrons. The summed E-state index contributed by atoms with van der Waals surface area (Å²) in [6.45, 7) is 0.441. The second-order valence-electron chi connectivity index (χ2n) is 8.76. The van der Waals surface area contributed by atoms with E-state index in [9.17, 15) is 18.0 Å². The molecule has 0 aromatic heterocycles. The SMILES string of the molecule is COC(=O)[C@H]1CN(C(=O)[C@H]2CCCN(S(=O)(=O)c3ccc4ccccc4c3)C2)c2ccccc2O1. The molecule has 2 atom stereocenters. The van der Waals surface area contributed by atoms with Crippen LogP contribution in [-0.4, -0.2) is 57.4 Å². The van der Waals surface area contributed by atoms with Crippen molar-refractivity contribution in [2.75, 3.05) is 31.6 Å². The molecule has 3 aromatic rings. The third-order valence-electron chi connectivity index (χ3n) is 6.60. The van der Waals surface area contributed by atoms with Crippen LogP contribution in [0.3, 0.4) is 0 Å². The number of piperidine rings is 1. The maximum atomic E-state index is 13.7. The summed E-state index contributed by atoms with van der Waals surface area (Å²) < 4.78 is 38.9. The highest BCUT2D eigenvalue weighted by Crippen LogP contribution is 2.36. The highest BCUT2D eigenvalue weighted by Gasteiger charge is 2.40. The number of carbonyl (C=O) groups excluding carboxylic acids is 2. The molecule has 9 heteroatoms. The van der Waals surface area contributed by atoms with Gasteiger partial charge in [0.2, 0.25) is 22.0 Å². The molecule has 2 aliphatic rings. The van der Waals surface area contributed by atoms with Gasteiger partial charge in [0.15, 0.2) is 0 Å². The van der Waals surface area contributed by atoms with Crippen LogP contribution in [0.5, 0.6) is 5.75 Å². The van der Waals surface area contributed by atoms with E-state index in [0.717, 1.165) is 10.8 Å². The summed E-state index contributed by atoms with van der Waals surface area (Å²) in [4.78, 5) is 27.6. The van der Waals surface area contributed by atoms with Crippen molar-refractivity contribution in [2.24, 2.45) is 5.92 Å². The summed E-state index contributed by atoms with van der Waals surface area (Å²) in [5.41, 5.74) is 0.562. The van der Waals surface area contributed by atoms with E-state index in [4.69, 9.17) is 9.47 Å². The lowest BCUT2D eigenvalue weighted by Gasteiger charge is -2.38. The Morgan fingerprint density at radius 3 is 2.51 bits per heavy atom. The van der Waals surface area contributed by atoms with Gasteiger partial charge in [0.25, 0.3) is 0 Å². The molecule has 1 saturated heterocycles. The first-order chi connectivity index (χ1) is 16.9. The summed E-state index contributed by atoms with van der Waals surface area (Å²) in [5.74, 6) is -0.920. The zero-order valence-electron chi connectivity index (χ0n) is 19.3. The Labute approximate surface area is 204 Å². The first kappa shape index (κ1) is 23.3. The molecule has 5 rings (SSSR count). The minimum Gasteiger partial charge on any atom is -0.475 e. The number of amides is 1. The summed E-state index contributed by atoms with van der Waals surface area (Å²) in [6, 6.07) is 19.7. The lowest BCUT2D eigenvalue weighted by atomic mass is 9.97. The molecular formula is C26H26N2O6S. The summed E-state index contributed by atoms with van der Waals surface area (Å²) in [5, 5.41) is 1.81. The molecule has 2 heterocycles. The average Bonchev–Trinajstić information content (AvgIpc) is 2.91. The lowest BCUT2D eigenvalue weighted by molar-refractivity contribution is -0.148. The number of anilines is 1. The topological polar surface area (TPSA) is 93.2 Å². The molecule has 35 heavy (non-hydrogen) atoms. The zero-order valence-corrected chi connectivity index (χ0v) is 20.1. The van der Waals surface area contributed by atoms with Gasteiger partial charge in [-0.15, -0.1) is 0 Å². The standard InChI is InChI=1S/C26H26N2O6S/c1-33-26(30)24-17-28(22-10-4-5-11-23(22)34-24)25(29)20-9-6-14-27(16-20)35(31,32)21-13-12-18-7-2-3-8-19(18)15-21/h2-5,7-8,10-13,15,20,24H,6,9,14,16-17H2,1H3/t20-,24+/m0/s1. The normalized spacial score (nSPS) is 20.7. The predicted molar refractivity (Wildman–Crippen MR) is 131 cm³/mol. The van der Waals surface area contributed by atoms with E-state index >= 15 is 0 Å². The third kappa shape index (κ3) is 4.37. The molecule has 182 valence electrons. The number of nitrogens with zero attached hydrogens (tertiary/aromatic N) is 2. The van der Waals surface area contributed by atoms with Crippen LogP contribution in [0, 0.1) is 5.92 Å². The van der Waals surface area contributed by atoms with Gasteiger partial charge in [-0.3, -0.25) is 4.79 Å². The molecule has 0 bridgehead atoms. The number of benzene rings is 3. The number of hydrogen-bond donors (Lipinski definition) is 0. The fourth-order valence-electron chi connectivity index (χ4n) is 4.76. The van der Waals surface area contributed by atoms with E-state index in [0.29, 0.717) is 30.8 Å². The van der Waals surface area contributed by atoms with E-state index < -0.39 is 28.0 Å². The quantitative estimate of drug-likeness (QED) is 0.517. The van der Waals surface area contributed by atoms with Crippen molar-refractivity contribution in [3.8, 4) is 5.75 Å². The number of methoxy groups -OCH3 is 1. The van der Waals surface area contributed by atoms with Crippen molar-refractivity contribution in [2.45, 2.75) is 23.8 Å². The fourth-order valence-corrected chi connectivity index (χ4v) is 6.32. The van der Waals surface area contributed by atoms with Gasteiger partial charge < -0.3 is 14.4 Å². The van der Waals surface area contributed by atoms with Gasteiger partial charge in [0.1, 0.15) is 5.75 Å². The van der Waals surface area contributed by atoms with Crippen LogP contribution in [0.15, 0.2) is 71.6 Å². The molecule has 1 amide bonds. The fraction of sp³-hybridized carbons (Fsp3) is 0.308. The summed E-state index contributed by atoms with van der Waals surface area (Å²) >= 11 is 0. The monoisotopic (exact) mass is 494 g/mol. The summed E-state index contributed by atoms with van der Waals surface area (Å²) in [7, 11) is -2.50. The predicted octanol–water partition coefficient (Wildman–Crippen LogP) is 3.21. The number of hydrogen-bond acceptors (Lipinski definition) is 6. The number of esters is 1. The second-order valence-corrected chi connectivity index (χ2v) is 10.7. The maximum absolute atomic E-state index is 13.7. The largest absolute Gasteiger partial charge is 0.475 e. The highest BCUT2D eigenvalue weighted by molar-refractivity contribution is 7.89. The van der Waals surface area contributed by atoms with E-state index in [1.165, 1.54) is 16.3 Å². The van der Waals surface area contributed by atoms with Gasteiger partial charge >= 0.3 is 5.97 Å². The molecular weight excluding hydrogens is 468 g/mol. The Hall–Kier alpha value is -3.43. The first-order valence-corrected chi connectivity index (χ1v) is 13.0. The molecule has 3 aromatic carbocycles. The van der Waals surface area contributed by atoms with Crippen LogP contribution in [0.25, 0.3) is 10.8 Å². The number of carbonyl (C=O) groups is 2. The Bertz CT molecular complexity index is 1390.